The minimum absolute atomic E-state index is 0.0861. The predicted molar refractivity (Wildman–Crippen MR) is 97.2 cm³/mol. The summed E-state index contributed by atoms with van der Waals surface area (Å²) in [6, 6.07) is 9.10. The average molecular weight is 350 g/mol. The zero-order chi connectivity index (χ0) is 18.7. The van der Waals surface area contributed by atoms with Gasteiger partial charge in [-0.2, -0.15) is 0 Å². The van der Waals surface area contributed by atoms with Crippen molar-refractivity contribution in [3.05, 3.63) is 35.9 Å². The SMILES string of the molecule is CCCNCC(CC(=O)OCc1ccccc1)NC(=O)OC(C)(C)C. The van der Waals surface area contributed by atoms with Crippen molar-refractivity contribution < 1.29 is 19.1 Å². The summed E-state index contributed by atoms with van der Waals surface area (Å²) in [7, 11) is 0. The van der Waals surface area contributed by atoms with Gasteiger partial charge in [-0.1, -0.05) is 37.3 Å². The van der Waals surface area contributed by atoms with E-state index >= 15 is 0 Å². The summed E-state index contributed by atoms with van der Waals surface area (Å²) >= 11 is 0. The number of alkyl carbamates (subject to hydrolysis) is 1. The summed E-state index contributed by atoms with van der Waals surface area (Å²) in [6.45, 7) is 8.96. The number of nitrogens with one attached hydrogen (secondary N) is 2. The van der Waals surface area contributed by atoms with E-state index in [1.54, 1.807) is 20.8 Å². The lowest BCUT2D eigenvalue weighted by Crippen LogP contribution is -2.45. The first kappa shape index (κ1) is 21.0. The molecule has 1 atom stereocenters. The third-order valence-electron chi connectivity index (χ3n) is 3.19. The van der Waals surface area contributed by atoms with Crippen molar-refractivity contribution in [3.8, 4) is 0 Å². The molecule has 0 saturated heterocycles. The lowest BCUT2D eigenvalue weighted by molar-refractivity contribution is -0.145. The van der Waals surface area contributed by atoms with Crippen LogP contribution in [0, 0.1) is 0 Å². The Labute approximate surface area is 150 Å². The van der Waals surface area contributed by atoms with Crippen molar-refractivity contribution in [1.29, 1.82) is 0 Å². The Hall–Kier alpha value is -2.08. The number of ether oxygens (including phenoxy) is 2. The maximum atomic E-state index is 12.1. The number of hydrogen-bond donors (Lipinski definition) is 2. The van der Waals surface area contributed by atoms with Crippen LogP contribution >= 0.6 is 0 Å². The number of esters is 1. The van der Waals surface area contributed by atoms with Gasteiger partial charge in [0.1, 0.15) is 12.2 Å². The van der Waals surface area contributed by atoms with Gasteiger partial charge < -0.3 is 20.1 Å². The van der Waals surface area contributed by atoms with E-state index in [0.717, 1.165) is 18.5 Å². The number of amides is 1. The summed E-state index contributed by atoms with van der Waals surface area (Å²) in [4.78, 5) is 24.0. The highest BCUT2D eigenvalue weighted by molar-refractivity contribution is 5.73. The highest BCUT2D eigenvalue weighted by atomic mass is 16.6. The van der Waals surface area contributed by atoms with Gasteiger partial charge in [-0.25, -0.2) is 4.79 Å². The van der Waals surface area contributed by atoms with Gasteiger partial charge in [-0.15, -0.1) is 0 Å². The lowest BCUT2D eigenvalue weighted by atomic mass is 10.2. The van der Waals surface area contributed by atoms with E-state index in [4.69, 9.17) is 9.47 Å². The van der Waals surface area contributed by atoms with E-state index in [1.165, 1.54) is 0 Å². The highest BCUT2D eigenvalue weighted by Gasteiger charge is 2.21. The first-order chi connectivity index (χ1) is 11.8. The van der Waals surface area contributed by atoms with Crippen LogP contribution in [-0.4, -0.2) is 36.8 Å². The number of hydrogen-bond acceptors (Lipinski definition) is 5. The molecule has 0 aliphatic heterocycles. The summed E-state index contributed by atoms with van der Waals surface area (Å²) in [5.74, 6) is -0.358. The average Bonchev–Trinajstić information content (AvgIpc) is 2.52. The third-order valence-corrected chi connectivity index (χ3v) is 3.19. The van der Waals surface area contributed by atoms with Crippen LogP contribution in [0.1, 0.15) is 46.1 Å². The van der Waals surface area contributed by atoms with Gasteiger partial charge in [0, 0.05) is 6.54 Å². The van der Waals surface area contributed by atoms with E-state index in [0.29, 0.717) is 6.54 Å². The summed E-state index contributed by atoms with van der Waals surface area (Å²) < 4.78 is 10.5. The molecule has 1 rings (SSSR count). The van der Waals surface area contributed by atoms with Crippen LogP contribution in [0.4, 0.5) is 4.79 Å². The van der Waals surface area contributed by atoms with Crippen LogP contribution in [0.3, 0.4) is 0 Å². The smallest absolute Gasteiger partial charge is 0.407 e. The van der Waals surface area contributed by atoms with Gasteiger partial charge in [-0.05, 0) is 39.3 Å². The molecule has 6 heteroatoms. The van der Waals surface area contributed by atoms with E-state index in [9.17, 15) is 9.59 Å². The van der Waals surface area contributed by atoms with Crippen LogP contribution in [-0.2, 0) is 20.9 Å². The normalized spacial score (nSPS) is 12.3. The molecule has 0 bridgehead atoms. The number of carbonyl (C=O) groups excluding carboxylic acids is 2. The van der Waals surface area contributed by atoms with Gasteiger partial charge in [0.15, 0.2) is 0 Å². The van der Waals surface area contributed by atoms with Crippen molar-refractivity contribution in [2.45, 2.75) is 58.8 Å². The summed E-state index contributed by atoms with van der Waals surface area (Å²) in [5.41, 5.74) is 0.343. The van der Waals surface area contributed by atoms with E-state index < -0.39 is 11.7 Å². The second kappa shape index (κ2) is 10.7. The summed E-state index contributed by atoms with van der Waals surface area (Å²) in [6.07, 6.45) is 0.520. The zero-order valence-electron chi connectivity index (χ0n) is 15.6. The molecule has 1 unspecified atom stereocenters. The molecule has 1 aromatic rings. The molecule has 0 aliphatic carbocycles. The Balaban J connectivity index is 2.50. The first-order valence-electron chi connectivity index (χ1n) is 8.70. The van der Waals surface area contributed by atoms with Crippen molar-refractivity contribution in [2.75, 3.05) is 13.1 Å². The van der Waals surface area contributed by atoms with Crippen molar-refractivity contribution in [2.24, 2.45) is 0 Å². The first-order valence-corrected chi connectivity index (χ1v) is 8.70. The van der Waals surface area contributed by atoms with Crippen LogP contribution in [0.15, 0.2) is 30.3 Å². The highest BCUT2D eigenvalue weighted by Crippen LogP contribution is 2.08. The fourth-order valence-electron chi connectivity index (χ4n) is 2.10. The minimum Gasteiger partial charge on any atom is -0.461 e. The van der Waals surface area contributed by atoms with Gasteiger partial charge in [0.05, 0.1) is 12.5 Å². The molecule has 0 aromatic heterocycles. The largest absolute Gasteiger partial charge is 0.461 e. The second-order valence-corrected chi connectivity index (χ2v) is 6.90. The number of rotatable bonds is 9. The molecule has 0 aliphatic rings. The predicted octanol–water partition coefficient (Wildman–Crippen LogP) is 3.01. The van der Waals surface area contributed by atoms with Crippen LogP contribution < -0.4 is 10.6 Å². The van der Waals surface area contributed by atoms with E-state index in [2.05, 4.69) is 17.6 Å². The van der Waals surface area contributed by atoms with Gasteiger partial charge >= 0.3 is 12.1 Å². The Morgan fingerprint density at radius 3 is 2.44 bits per heavy atom. The van der Waals surface area contributed by atoms with Gasteiger partial charge in [0.2, 0.25) is 0 Å². The molecule has 25 heavy (non-hydrogen) atoms. The molecule has 140 valence electrons. The molecule has 0 spiro atoms. The molecule has 0 heterocycles. The second-order valence-electron chi connectivity index (χ2n) is 6.90. The standard InChI is InChI=1S/C19H30N2O4/c1-5-11-20-13-16(21-18(23)25-19(2,3)4)12-17(22)24-14-15-9-7-6-8-10-15/h6-10,16,20H,5,11-14H2,1-4H3,(H,21,23). The zero-order valence-corrected chi connectivity index (χ0v) is 15.6. The van der Waals surface area contributed by atoms with Crippen molar-refractivity contribution in [3.63, 3.8) is 0 Å². The fourth-order valence-corrected chi connectivity index (χ4v) is 2.10. The van der Waals surface area contributed by atoms with Crippen LogP contribution in [0.25, 0.3) is 0 Å². The van der Waals surface area contributed by atoms with Gasteiger partial charge in [-0.3, -0.25) is 4.79 Å². The Kier molecular flexibility index (Phi) is 8.99. The quantitative estimate of drug-likeness (QED) is 0.529. The van der Waals surface area contributed by atoms with Crippen LogP contribution in [0.5, 0.6) is 0 Å². The van der Waals surface area contributed by atoms with E-state index in [1.807, 2.05) is 30.3 Å². The maximum Gasteiger partial charge on any atom is 0.407 e. The van der Waals surface area contributed by atoms with Gasteiger partial charge in [0.25, 0.3) is 0 Å². The molecule has 1 amide bonds. The molecule has 0 radical (unpaired) electrons. The lowest BCUT2D eigenvalue weighted by Gasteiger charge is -2.23. The van der Waals surface area contributed by atoms with Crippen molar-refractivity contribution in [1.82, 2.24) is 10.6 Å². The third kappa shape index (κ3) is 10.4. The maximum absolute atomic E-state index is 12.1. The molecule has 6 nitrogen and oxygen atoms in total. The number of carbonyl (C=O) groups is 2. The Bertz CT molecular complexity index is 526. The molecular formula is C19H30N2O4. The van der Waals surface area contributed by atoms with Crippen LogP contribution in [0.2, 0.25) is 0 Å². The summed E-state index contributed by atoms with van der Waals surface area (Å²) in [5, 5.41) is 5.94. The molecular weight excluding hydrogens is 320 g/mol. The Morgan fingerprint density at radius 1 is 1.16 bits per heavy atom. The monoisotopic (exact) mass is 350 g/mol. The molecule has 1 aromatic carbocycles. The minimum atomic E-state index is -0.584. The molecule has 2 N–H and O–H groups in total. The molecule has 0 saturated carbocycles. The number of benzene rings is 1. The Morgan fingerprint density at radius 2 is 1.84 bits per heavy atom. The van der Waals surface area contributed by atoms with Crippen molar-refractivity contribution >= 4 is 12.1 Å². The molecule has 0 fully saturated rings. The topological polar surface area (TPSA) is 76.7 Å². The fraction of sp³-hybridized carbons (Fsp3) is 0.579. The van der Waals surface area contributed by atoms with E-state index in [-0.39, 0.29) is 25.0 Å².